The summed E-state index contributed by atoms with van der Waals surface area (Å²) in [6.45, 7) is 0. The molecule has 1 aromatic heterocycles. The summed E-state index contributed by atoms with van der Waals surface area (Å²) in [5.74, 6) is -0.263. The van der Waals surface area contributed by atoms with Gasteiger partial charge in [-0.2, -0.15) is 5.10 Å². The van der Waals surface area contributed by atoms with E-state index in [0.717, 1.165) is 11.3 Å². The Hall–Kier alpha value is -1.91. The molecule has 0 spiro atoms. The van der Waals surface area contributed by atoms with Gasteiger partial charge in [-0.1, -0.05) is 0 Å². The molecule has 68 valence electrons. The summed E-state index contributed by atoms with van der Waals surface area (Å²) in [6.07, 6.45) is 3.73. The summed E-state index contributed by atoms with van der Waals surface area (Å²) < 4.78 is 0. The summed E-state index contributed by atoms with van der Waals surface area (Å²) in [4.78, 5) is 0. The first-order chi connectivity index (χ1) is 6.18. The van der Waals surface area contributed by atoms with Crippen LogP contribution in [0.3, 0.4) is 0 Å². The molecule has 1 heterocycles. The molecule has 1 aromatic rings. The summed E-state index contributed by atoms with van der Waals surface area (Å²) in [5.41, 5.74) is 7.63. The van der Waals surface area contributed by atoms with Crippen LogP contribution in [0.2, 0.25) is 0 Å². The zero-order chi connectivity index (χ0) is 9.42. The molecule has 0 bridgehead atoms. The van der Waals surface area contributed by atoms with Gasteiger partial charge in [0.25, 0.3) is 5.95 Å². The Balaban J connectivity index is 2.48. The van der Waals surface area contributed by atoms with E-state index in [1.54, 1.807) is 12.2 Å². The van der Waals surface area contributed by atoms with Crippen molar-refractivity contribution in [3.05, 3.63) is 28.9 Å². The van der Waals surface area contributed by atoms with Crippen molar-refractivity contribution >= 4 is 11.9 Å². The van der Waals surface area contributed by atoms with Gasteiger partial charge in [-0.15, -0.1) is 0 Å². The van der Waals surface area contributed by atoms with Gasteiger partial charge in [-0.05, 0) is 12.2 Å². The maximum absolute atomic E-state index is 8.84. The van der Waals surface area contributed by atoms with Crippen LogP contribution in [0.5, 0.6) is 0 Å². The molecule has 13 heavy (non-hydrogen) atoms. The molecule has 0 unspecified atom stereocenters. The van der Waals surface area contributed by atoms with Crippen LogP contribution in [0.4, 0.5) is 5.82 Å². The Morgan fingerprint density at radius 3 is 2.92 bits per heavy atom. The molecule has 5 heteroatoms. The van der Waals surface area contributed by atoms with Crippen molar-refractivity contribution < 1.29 is 10.2 Å². The lowest BCUT2D eigenvalue weighted by Crippen LogP contribution is -2.01. The molecule has 0 aromatic carbocycles. The molecule has 0 fully saturated rings. The summed E-state index contributed by atoms with van der Waals surface area (Å²) >= 11 is 0. The second kappa shape index (κ2) is 2.55. The first kappa shape index (κ1) is 7.72. The maximum Gasteiger partial charge on any atom is 0.277 e. The third-order valence-corrected chi connectivity index (χ3v) is 2.04. The lowest BCUT2D eigenvalue weighted by Gasteiger charge is -2.07. The minimum Gasteiger partial charge on any atom is -0.481 e. The summed E-state index contributed by atoms with van der Waals surface area (Å²) in [7, 11) is 0. The van der Waals surface area contributed by atoms with Gasteiger partial charge in [-0.25, -0.2) is 0 Å². The first-order valence-corrected chi connectivity index (χ1v) is 3.80. The van der Waals surface area contributed by atoms with Crippen molar-refractivity contribution in [3.8, 4) is 0 Å². The number of H-pyrrole nitrogens is 1. The van der Waals surface area contributed by atoms with E-state index in [0.29, 0.717) is 17.8 Å². The normalized spacial score (nSPS) is 14.3. The highest BCUT2D eigenvalue weighted by Gasteiger charge is 2.16. The molecule has 5 N–H and O–H groups in total. The van der Waals surface area contributed by atoms with Crippen LogP contribution in [0.1, 0.15) is 11.3 Å². The van der Waals surface area contributed by atoms with Crippen molar-refractivity contribution in [1.29, 1.82) is 0 Å². The van der Waals surface area contributed by atoms with E-state index in [1.165, 1.54) is 0 Å². The highest BCUT2D eigenvalue weighted by atomic mass is 16.5. The topological polar surface area (TPSA) is 95.2 Å². The van der Waals surface area contributed by atoms with E-state index < -0.39 is 5.95 Å². The second-order valence-electron chi connectivity index (χ2n) is 2.86. The molecule has 1 aliphatic rings. The predicted molar refractivity (Wildman–Crippen MR) is 48.0 cm³/mol. The third kappa shape index (κ3) is 1.14. The number of nitrogens with two attached hydrogens (primary N) is 1. The van der Waals surface area contributed by atoms with Gasteiger partial charge in [0.2, 0.25) is 0 Å². The number of anilines is 1. The Kier molecular flexibility index (Phi) is 1.51. The molecular weight excluding hydrogens is 170 g/mol. The van der Waals surface area contributed by atoms with Crippen molar-refractivity contribution in [2.24, 2.45) is 0 Å². The number of hydrogen-bond donors (Lipinski definition) is 4. The van der Waals surface area contributed by atoms with Gasteiger partial charge >= 0.3 is 0 Å². The van der Waals surface area contributed by atoms with Crippen LogP contribution >= 0.6 is 0 Å². The molecular formula is C8H9N3O2. The average Bonchev–Trinajstić information content (AvgIpc) is 2.47. The number of nitrogens with one attached hydrogen (secondary N) is 1. The minimum atomic E-state index is -0.664. The average molecular weight is 179 g/mol. The van der Waals surface area contributed by atoms with Gasteiger partial charge < -0.3 is 15.9 Å². The van der Waals surface area contributed by atoms with Crippen molar-refractivity contribution in [1.82, 2.24) is 10.2 Å². The van der Waals surface area contributed by atoms with Crippen LogP contribution in [-0.4, -0.2) is 20.4 Å². The van der Waals surface area contributed by atoms with Gasteiger partial charge in [0.05, 0.1) is 5.69 Å². The fraction of sp³-hybridized carbons (Fsp3) is 0.125. The van der Waals surface area contributed by atoms with Crippen LogP contribution < -0.4 is 5.73 Å². The van der Waals surface area contributed by atoms with E-state index in [4.69, 9.17) is 15.9 Å². The van der Waals surface area contributed by atoms with Crippen LogP contribution in [0.25, 0.3) is 6.08 Å². The largest absolute Gasteiger partial charge is 0.481 e. The molecule has 0 saturated carbocycles. The highest BCUT2D eigenvalue weighted by molar-refractivity contribution is 5.64. The third-order valence-electron chi connectivity index (χ3n) is 2.04. The molecule has 0 saturated heterocycles. The highest BCUT2D eigenvalue weighted by Crippen LogP contribution is 2.25. The quantitative estimate of drug-likeness (QED) is 0.445. The number of aromatic amines is 1. The second-order valence-corrected chi connectivity index (χ2v) is 2.86. The number of aliphatic hydroxyl groups is 2. The number of allylic oxidation sites excluding steroid dienone is 2. The lowest BCUT2D eigenvalue weighted by atomic mass is 9.99. The number of fused-ring (bicyclic) bond motifs is 1. The van der Waals surface area contributed by atoms with Crippen molar-refractivity contribution in [2.75, 3.05) is 5.73 Å². The monoisotopic (exact) mass is 179 g/mol. The molecule has 0 radical (unpaired) electrons. The van der Waals surface area contributed by atoms with Crippen molar-refractivity contribution in [2.45, 2.75) is 6.42 Å². The van der Waals surface area contributed by atoms with E-state index in [1.807, 2.05) is 0 Å². The predicted octanol–water partition coefficient (Wildman–Crippen LogP) is 0.889. The van der Waals surface area contributed by atoms with Gasteiger partial charge in [0.15, 0.2) is 0 Å². The molecule has 2 rings (SSSR count). The number of aliphatic hydroxyl groups excluding tert-OH is 1. The SMILES string of the molecule is Nc1n[nH]c2c1CC(=C(O)O)C=C2. The van der Waals surface area contributed by atoms with Gasteiger partial charge in [-0.3, -0.25) is 5.10 Å². The Morgan fingerprint density at radius 2 is 2.23 bits per heavy atom. The number of aromatic nitrogens is 2. The number of nitrogens with zero attached hydrogens (tertiary/aromatic N) is 1. The molecule has 5 nitrogen and oxygen atoms in total. The van der Waals surface area contributed by atoms with E-state index in [2.05, 4.69) is 10.2 Å². The smallest absolute Gasteiger partial charge is 0.277 e. The van der Waals surface area contributed by atoms with Gasteiger partial charge in [0, 0.05) is 17.6 Å². The first-order valence-electron chi connectivity index (χ1n) is 3.80. The fourth-order valence-corrected chi connectivity index (χ4v) is 1.30. The van der Waals surface area contributed by atoms with Gasteiger partial charge in [0.1, 0.15) is 5.82 Å². The van der Waals surface area contributed by atoms with E-state index in [9.17, 15) is 0 Å². The zero-order valence-electron chi connectivity index (χ0n) is 6.78. The van der Waals surface area contributed by atoms with Crippen LogP contribution in [0.15, 0.2) is 17.6 Å². The minimum absolute atomic E-state index is 0.399. The number of hydrogen-bond acceptors (Lipinski definition) is 4. The molecule has 0 aliphatic heterocycles. The molecule has 0 amide bonds. The maximum atomic E-state index is 8.84. The standard InChI is InChI=1S/C8H9N3O2/c9-7-5-3-4(8(12)13)1-2-6(5)10-11-7/h1-2,12-13H,3H2,(H3,9,10,11). The fourth-order valence-electron chi connectivity index (χ4n) is 1.30. The molecule has 0 atom stereocenters. The lowest BCUT2D eigenvalue weighted by molar-refractivity contribution is 0.185. The van der Waals surface area contributed by atoms with Crippen molar-refractivity contribution in [3.63, 3.8) is 0 Å². The van der Waals surface area contributed by atoms with E-state index >= 15 is 0 Å². The molecule has 1 aliphatic carbocycles. The Morgan fingerprint density at radius 1 is 1.46 bits per heavy atom. The number of nitrogen functional groups attached to an aromatic ring is 1. The van der Waals surface area contributed by atoms with E-state index in [-0.39, 0.29) is 0 Å². The van der Waals surface area contributed by atoms with Crippen LogP contribution in [0, 0.1) is 0 Å². The summed E-state index contributed by atoms with van der Waals surface area (Å²) in [6, 6.07) is 0. The van der Waals surface area contributed by atoms with Crippen LogP contribution in [-0.2, 0) is 6.42 Å². The summed E-state index contributed by atoms with van der Waals surface area (Å²) in [5, 5.41) is 24.2. The zero-order valence-corrected chi connectivity index (χ0v) is 6.78. The number of rotatable bonds is 0. The Bertz CT molecular complexity index is 400. The Labute approximate surface area is 74.2 Å².